The molecule has 0 saturated heterocycles. The number of rotatable bonds is 5. The molecule has 98 valence electrons. The van der Waals surface area contributed by atoms with Crippen molar-refractivity contribution in [2.75, 3.05) is 0 Å². The molecule has 2 aromatic carbocycles. The van der Waals surface area contributed by atoms with Crippen LogP contribution in [0.5, 0.6) is 0 Å². The van der Waals surface area contributed by atoms with Crippen LogP contribution in [0.2, 0.25) is 0 Å². The largest absolute Gasteiger partial charge is 0.369 e. The third kappa shape index (κ3) is 3.42. The summed E-state index contributed by atoms with van der Waals surface area (Å²) in [4.78, 5) is 11.7. The SMILES string of the molecule is NCc1cccc([C@@H](Cc2ccccc2)C(N)=O)c1. The van der Waals surface area contributed by atoms with Gasteiger partial charge in [-0.1, -0.05) is 54.6 Å². The van der Waals surface area contributed by atoms with Crippen LogP contribution < -0.4 is 11.5 Å². The highest BCUT2D eigenvalue weighted by molar-refractivity contribution is 5.82. The summed E-state index contributed by atoms with van der Waals surface area (Å²) in [6.07, 6.45) is 0.615. The minimum absolute atomic E-state index is 0.307. The first-order valence-corrected chi connectivity index (χ1v) is 6.33. The molecule has 0 bridgehead atoms. The van der Waals surface area contributed by atoms with Gasteiger partial charge in [-0.05, 0) is 23.1 Å². The van der Waals surface area contributed by atoms with Crippen molar-refractivity contribution in [3.63, 3.8) is 0 Å². The molecular formula is C16H18N2O. The molecule has 0 aromatic heterocycles. The smallest absolute Gasteiger partial charge is 0.225 e. The summed E-state index contributed by atoms with van der Waals surface area (Å²) in [5.74, 6) is -0.619. The first-order valence-electron chi connectivity index (χ1n) is 6.33. The maximum atomic E-state index is 11.7. The van der Waals surface area contributed by atoms with Crippen LogP contribution in [0, 0.1) is 0 Å². The van der Waals surface area contributed by atoms with E-state index < -0.39 is 0 Å². The fourth-order valence-corrected chi connectivity index (χ4v) is 2.17. The molecule has 3 heteroatoms. The van der Waals surface area contributed by atoms with Gasteiger partial charge in [0, 0.05) is 6.54 Å². The molecule has 0 saturated carbocycles. The second-order valence-corrected chi connectivity index (χ2v) is 4.59. The van der Waals surface area contributed by atoms with E-state index in [4.69, 9.17) is 11.5 Å². The topological polar surface area (TPSA) is 69.1 Å². The summed E-state index contributed by atoms with van der Waals surface area (Å²) in [5, 5.41) is 0. The Kier molecular flexibility index (Phi) is 4.31. The van der Waals surface area contributed by atoms with E-state index in [-0.39, 0.29) is 11.8 Å². The van der Waals surface area contributed by atoms with E-state index in [1.807, 2.05) is 54.6 Å². The van der Waals surface area contributed by atoms with Crippen molar-refractivity contribution in [3.8, 4) is 0 Å². The van der Waals surface area contributed by atoms with Crippen molar-refractivity contribution in [1.82, 2.24) is 0 Å². The van der Waals surface area contributed by atoms with E-state index in [2.05, 4.69) is 0 Å². The van der Waals surface area contributed by atoms with Gasteiger partial charge in [0.2, 0.25) is 5.91 Å². The molecule has 0 aliphatic heterocycles. The number of nitrogens with two attached hydrogens (primary N) is 2. The predicted molar refractivity (Wildman–Crippen MR) is 76.4 cm³/mol. The van der Waals surface area contributed by atoms with E-state index in [1.165, 1.54) is 0 Å². The van der Waals surface area contributed by atoms with Crippen molar-refractivity contribution >= 4 is 5.91 Å². The Labute approximate surface area is 113 Å². The van der Waals surface area contributed by atoms with Crippen LogP contribution in [-0.2, 0) is 17.8 Å². The molecule has 3 nitrogen and oxygen atoms in total. The lowest BCUT2D eigenvalue weighted by molar-refractivity contribution is -0.119. The lowest BCUT2D eigenvalue weighted by Crippen LogP contribution is -2.23. The van der Waals surface area contributed by atoms with Crippen LogP contribution in [0.15, 0.2) is 54.6 Å². The van der Waals surface area contributed by atoms with Gasteiger partial charge in [0.25, 0.3) is 0 Å². The molecule has 4 N–H and O–H groups in total. The Morgan fingerprint density at radius 1 is 1.00 bits per heavy atom. The van der Waals surface area contributed by atoms with Gasteiger partial charge >= 0.3 is 0 Å². The Morgan fingerprint density at radius 3 is 2.32 bits per heavy atom. The zero-order chi connectivity index (χ0) is 13.7. The summed E-state index contributed by atoms with van der Waals surface area (Å²) in [7, 11) is 0. The summed E-state index contributed by atoms with van der Waals surface area (Å²) in [6.45, 7) is 0.463. The van der Waals surface area contributed by atoms with Gasteiger partial charge in [0.1, 0.15) is 0 Å². The second-order valence-electron chi connectivity index (χ2n) is 4.59. The quantitative estimate of drug-likeness (QED) is 0.856. The van der Waals surface area contributed by atoms with Gasteiger partial charge in [-0.2, -0.15) is 0 Å². The summed E-state index contributed by atoms with van der Waals surface area (Å²) < 4.78 is 0. The van der Waals surface area contributed by atoms with Crippen LogP contribution in [-0.4, -0.2) is 5.91 Å². The minimum Gasteiger partial charge on any atom is -0.369 e. The number of amides is 1. The Bertz CT molecular complexity index is 552. The lowest BCUT2D eigenvalue weighted by atomic mass is 9.90. The average molecular weight is 254 g/mol. The van der Waals surface area contributed by atoms with Gasteiger partial charge in [-0.3, -0.25) is 4.79 Å². The summed E-state index contributed by atoms with van der Waals surface area (Å²) in [5.41, 5.74) is 14.2. The van der Waals surface area contributed by atoms with Gasteiger partial charge in [0.05, 0.1) is 5.92 Å². The van der Waals surface area contributed by atoms with Gasteiger partial charge < -0.3 is 11.5 Å². The fraction of sp³-hybridized carbons (Fsp3) is 0.188. The van der Waals surface area contributed by atoms with Gasteiger partial charge in [-0.15, -0.1) is 0 Å². The van der Waals surface area contributed by atoms with Crippen molar-refractivity contribution in [1.29, 1.82) is 0 Å². The second kappa shape index (κ2) is 6.16. The zero-order valence-corrected chi connectivity index (χ0v) is 10.8. The van der Waals surface area contributed by atoms with Crippen molar-refractivity contribution in [2.45, 2.75) is 18.9 Å². The molecule has 2 rings (SSSR count). The normalized spacial score (nSPS) is 12.1. The number of benzene rings is 2. The third-order valence-electron chi connectivity index (χ3n) is 3.22. The molecule has 0 spiro atoms. The molecule has 2 aromatic rings. The summed E-state index contributed by atoms with van der Waals surface area (Å²) >= 11 is 0. The summed E-state index contributed by atoms with van der Waals surface area (Å²) in [6, 6.07) is 17.6. The van der Waals surface area contributed by atoms with Crippen LogP contribution in [0.1, 0.15) is 22.6 Å². The maximum Gasteiger partial charge on any atom is 0.225 e. The van der Waals surface area contributed by atoms with Crippen molar-refractivity contribution in [2.24, 2.45) is 11.5 Å². The average Bonchev–Trinajstić information content (AvgIpc) is 2.45. The van der Waals surface area contributed by atoms with E-state index in [1.54, 1.807) is 0 Å². The lowest BCUT2D eigenvalue weighted by Gasteiger charge is -2.15. The highest BCUT2D eigenvalue weighted by Gasteiger charge is 2.18. The van der Waals surface area contributed by atoms with Gasteiger partial charge in [-0.25, -0.2) is 0 Å². The van der Waals surface area contributed by atoms with E-state index in [0.717, 1.165) is 16.7 Å². The number of hydrogen-bond acceptors (Lipinski definition) is 2. The zero-order valence-electron chi connectivity index (χ0n) is 10.8. The highest BCUT2D eigenvalue weighted by Crippen LogP contribution is 2.21. The van der Waals surface area contributed by atoms with Crippen LogP contribution in [0.25, 0.3) is 0 Å². The molecule has 0 unspecified atom stereocenters. The molecule has 1 amide bonds. The van der Waals surface area contributed by atoms with Crippen LogP contribution >= 0.6 is 0 Å². The third-order valence-corrected chi connectivity index (χ3v) is 3.22. The number of carbonyl (C=O) groups is 1. The molecule has 0 aliphatic carbocycles. The first kappa shape index (κ1) is 13.3. The Hall–Kier alpha value is -2.13. The van der Waals surface area contributed by atoms with Crippen LogP contribution in [0.3, 0.4) is 0 Å². The van der Waals surface area contributed by atoms with Crippen molar-refractivity contribution < 1.29 is 4.79 Å². The predicted octanol–water partition coefficient (Wildman–Crippen LogP) is 1.96. The number of primary amides is 1. The van der Waals surface area contributed by atoms with Crippen molar-refractivity contribution in [3.05, 3.63) is 71.3 Å². The monoisotopic (exact) mass is 254 g/mol. The standard InChI is InChI=1S/C16H18N2O/c17-11-13-7-4-8-14(9-13)15(16(18)19)10-12-5-2-1-3-6-12/h1-9,15H,10-11,17H2,(H2,18,19)/t15-/m1/s1. The highest BCUT2D eigenvalue weighted by atomic mass is 16.1. The molecule has 19 heavy (non-hydrogen) atoms. The Morgan fingerprint density at radius 2 is 1.68 bits per heavy atom. The molecule has 0 heterocycles. The maximum absolute atomic E-state index is 11.7. The molecule has 0 aliphatic rings. The number of hydrogen-bond donors (Lipinski definition) is 2. The molecule has 0 fully saturated rings. The first-order chi connectivity index (χ1) is 9.20. The molecule has 0 radical (unpaired) electrons. The Balaban J connectivity index is 2.27. The van der Waals surface area contributed by atoms with Gasteiger partial charge in [0.15, 0.2) is 0 Å². The van der Waals surface area contributed by atoms with E-state index >= 15 is 0 Å². The van der Waals surface area contributed by atoms with E-state index in [0.29, 0.717) is 13.0 Å². The van der Waals surface area contributed by atoms with E-state index in [9.17, 15) is 4.79 Å². The fourth-order valence-electron chi connectivity index (χ4n) is 2.17. The molecule has 1 atom stereocenters. The minimum atomic E-state index is -0.311. The molecular weight excluding hydrogens is 236 g/mol. The number of carbonyl (C=O) groups excluding carboxylic acids is 1. The van der Waals surface area contributed by atoms with Crippen LogP contribution in [0.4, 0.5) is 0 Å².